The van der Waals surface area contributed by atoms with E-state index in [0.29, 0.717) is 24.5 Å². The highest BCUT2D eigenvalue weighted by atomic mass is 19.1. The van der Waals surface area contributed by atoms with Crippen LogP contribution in [0.3, 0.4) is 0 Å². The fraction of sp³-hybridized carbons (Fsp3) is 0.318. The molecule has 1 aliphatic heterocycles. The molecule has 1 heterocycles. The lowest BCUT2D eigenvalue weighted by Gasteiger charge is -2.23. The number of carbonyl (C=O) groups is 1. The molecule has 1 aliphatic rings. The van der Waals surface area contributed by atoms with E-state index in [4.69, 9.17) is 9.47 Å². The number of benzene rings is 2. The molecule has 0 unspecified atom stereocenters. The lowest BCUT2D eigenvalue weighted by molar-refractivity contribution is -0.117. The molecule has 2 aromatic carbocycles. The van der Waals surface area contributed by atoms with Crippen molar-refractivity contribution >= 4 is 12.0 Å². The smallest absolute Gasteiger partial charge is 0.244 e. The van der Waals surface area contributed by atoms with Crippen molar-refractivity contribution in [3.05, 3.63) is 65.5 Å². The quantitative estimate of drug-likeness (QED) is 0.789. The lowest BCUT2D eigenvalue weighted by atomic mass is 9.95. The van der Waals surface area contributed by atoms with E-state index in [-0.39, 0.29) is 23.7 Å². The largest absolute Gasteiger partial charge is 0.490 e. The lowest BCUT2D eigenvalue weighted by Crippen LogP contribution is -2.30. The summed E-state index contributed by atoms with van der Waals surface area (Å²) in [7, 11) is 0. The number of fused-ring (bicyclic) bond motifs is 1. The molecule has 0 aromatic heterocycles. The topological polar surface area (TPSA) is 47.6 Å². The molecule has 1 N–H and O–H groups in total. The Morgan fingerprint density at radius 3 is 2.63 bits per heavy atom. The number of hydrogen-bond acceptors (Lipinski definition) is 3. The predicted molar refractivity (Wildman–Crippen MR) is 103 cm³/mol. The maximum atomic E-state index is 13.2. The molecule has 0 radical (unpaired) electrons. The Morgan fingerprint density at radius 2 is 1.89 bits per heavy atom. The van der Waals surface area contributed by atoms with Gasteiger partial charge in [0, 0.05) is 12.5 Å². The molecule has 27 heavy (non-hydrogen) atoms. The van der Waals surface area contributed by atoms with Crippen LogP contribution in [0.1, 0.15) is 37.4 Å². The Bertz CT molecular complexity index is 832. The predicted octanol–water partition coefficient (Wildman–Crippen LogP) is 4.51. The summed E-state index contributed by atoms with van der Waals surface area (Å²) >= 11 is 0. The highest BCUT2D eigenvalue weighted by molar-refractivity contribution is 5.92. The molecular weight excluding hydrogens is 345 g/mol. The average Bonchev–Trinajstić information content (AvgIpc) is 2.89. The number of carbonyl (C=O) groups excluding carboxylic acids is 1. The Balaban J connectivity index is 1.74. The molecule has 4 nitrogen and oxygen atoms in total. The van der Waals surface area contributed by atoms with Crippen LogP contribution in [0.15, 0.2) is 48.5 Å². The molecule has 0 bridgehead atoms. The second-order valence-electron chi connectivity index (χ2n) is 6.88. The van der Waals surface area contributed by atoms with Gasteiger partial charge >= 0.3 is 0 Å². The van der Waals surface area contributed by atoms with Crippen LogP contribution >= 0.6 is 0 Å². The third-order valence-electron chi connectivity index (χ3n) is 4.37. The summed E-state index contributed by atoms with van der Waals surface area (Å²) < 4.78 is 24.7. The fourth-order valence-electron chi connectivity index (χ4n) is 2.99. The number of rotatable bonds is 5. The second-order valence-corrected chi connectivity index (χ2v) is 6.88. The average molecular weight is 369 g/mol. The third kappa shape index (κ3) is 5.09. The zero-order valence-corrected chi connectivity index (χ0v) is 15.6. The number of ether oxygens (including phenoxy) is 2. The van der Waals surface area contributed by atoms with Gasteiger partial charge in [-0.3, -0.25) is 4.79 Å². The molecule has 0 aliphatic carbocycles. The summed E-state index contributed by atoms with van der Waals surface area (Å²) in [6.07, 6.45) is 3.87. The van der Waals surface area contributed by atoms with Crippen LogP contribution in [0, 0.1) is 11.7 Å². The van der Waals surface area contributed by atoms with Gasteiger partial charge in [-0.15, -0.1) is 0 Å². The molecule has 1 amide bonds. The van der Waals surface area contributed by atoms with Crippen LogP contribution in [-0.4, -0.2) is 19.1 Å². The van der Waals surface area contributed by atoms with Gasteiger partial charge in [0.1, 0.15) is 5.82 Å². The maximum absolute atomic E-state index is 13.2. The van der Waals surface area contributed by atoms with E-state index in [1.54, 1.807) is 18.2 Å². The summed E-state index contributed by atoms with van der Waals surface area (Å²) in [5.41, 5.74) is 1.60. The van der Waals surface area contributed by atoms with Gasteiger partial charge < -0.3 is 14.8 Å². The van der Waals surface area contributed by atoms with E-state index in [0.717, 1.165) is 17.7 Å². The SMILES string of the molecule is CC(C)[C@@H](NC(=O)/C=C/c1cccc(F)c1)c1ccc2c(c1)OCCCO2. The minimum Gasteiger partial charge on any atom is -0.490 e. The Kier molecular flexibility index (Phi) is 6.12. The monoisotopic (exact) mass is 369 g/mol. The van der Waals surface area contributed by atoms with E-state index < -0.39 is 0 Å². The summed E-state index contributed by atoms with van der Waals surface area (Å²) in [6, 6.07) is 11.7. The maximum Gasteiger partial charge on any atom is 0.244 e. The zero-order valence-electron chi connectivity index (χ0n) is 15.6. The van der Waals surface area contributed by atoms with Gasteiger partial charge in [0.25, 0.3) is 0 Å². The normalized spacial score (nSPS) is 14.8. The number of amides is 1. The van der Waals surface area contributed by atoms with Crippen LogP contribution in [0.25, 0.3) is 6.08 Å². The fourth-order valence-corrected chi connectivity index (χ4v) is 2.99. The van der Waals surface area contributed by atoms with Crippen molar-refractivity contribution in [2.45, 2.75) is 26.3 Å². The molecule has 2 aromatic rings. The van der Waals surface area contributed by atoms with E-state index in [1.807, 2.05) is 32.0 Å². The summed E-state index contributed by atoms with van der Waals surface area (Å²) in [5, 5.41) is 3.02. The Morgan fingerprint density at radius 1 is 1.11 bits per heavy atom. The summed E-state index contributed by atoms with van der Waals surface area (Å²) in [5.74, 6) is 1.06. The molecule has 0 spiro atoms. The molecule has 5 heteroatoms. The van der Waals surface area contributed by atoms with Gasteiger partial charge in [-0.25, -0.2) is 4.39 Å². The minimum atomic E-state index is -0.329. The number of nitrogens with one attached hydrogen (secondary N) is 1. The highest BCUT2D eigenvalue weighted by Gasteiger charge is 2.20. The van der Waals surface area contributed by atoms with Gasteiger partial charge in [-0.1, -0.05) is 32.0 Å². The third-order valence-corrected chi connectivity index (χ3v) is 4.37. The molecule has 1 atom stereocenters. The summed E-state index contributed by atoms with van der Waals surface area (Å²) in [6.45, 7) is 5.35. The first-order valence-electron chi connectivity index (χ1n) is 9.16. The van der Waals surface area contributed by atoms with Crippen LogP contribution in [0.5, 0.6) is 11.5 Å². The first-order chi connectivity index (χ1) is 13.0. The van der Waals surface area contributed by atoms with Gasteiger partial charge in [0.05, 0.1) is 19.3 Å². The molecular formula is C22H24FNO3. The number of hydrogen-bond donors (Lipinski definition) is 1. The van der Waals surface area contributed by atoms with Crippen molar-refractivity contribution in [2.24, 2.45) is 5.92 Å². The second kappa shape index (κ2) is 8.71. The van der Waals surface area contributed by atoms with Gasteiger partial charge in [-0.2, -0.15) is 0 Å². The zero-order chi connectivity index (χ0) is 19.2. The van der Waals surface area contributed by atoms with Crippen molar-refractivity contribution in [1.29, 1.82) is 0 Å². The van der Waals surface area contributed by atoms with E-state index in [2.05, 4.69) is 5.32 Å². The molecule has 3 rings (SSSR count). The Labute approximate surface area is 159 Å². The Hall–Kier alpha value is -2.82. The molecule has 0 fully saturated rings. The van der Waals surface area contributed by atoms with E-state index in [1.165, 1.54) is 18.2 Å². The molecule has 142 valence electrons. The van der Waals surface area contributed by atoms with Crippen LogP contribution in [-0.2, 0) is 4.79 Å². The van der Waals surface area contributed by atoms with Gasteiger partial charge in [-0.05, 0) is 47.4 Å². The summed E-state index contributed by atoms with van der Waals surface area (Å²) in [4.78, 5) is 12.4. The first kappa shape index (κ1) is 19.0. The van der Waals surface area contributed by atoms with Crippen LogP contribution in [0.4, 0.5) is 4.39 Å². The molecule has 0 saturated heterocycles. The van der Waals surface area contributed by atoms with Crippen molar-refractivity contribution in [2.75, 3.05) is 13.2 Å². The number of halogens is 1. The first-order valence-corrected chi connectivity index (χ1v) is 9.16. The van der Waals surface area contributed by atoms with Crippen LogP contribution in [0.2, 0.25) is 0 Å². The van der Waals surface area contributed by atoms with Gasteiger partial charge in [0.15, 0.2) is 11.5 Å². The van der Waals surface area contributed by atoms with Crippen LogP contribution < -0.4 is 14.8 Å². The standard InChI is InChI=1S/C22H24FNO3/c1-15(2)22(17-8-9-19-20(14-17)27-12-4-11-26-19)24-21(25)10-7-16-5-3-6-18(23)13-16/h3,5-10,13-15,22H,4,11-12H2,1-2H3,(H,24,25)/b10-7+/t22-/m1/s1. The van der Waals surface area contributed by atoms with Crippen molar-refractivity contribution < 1.29 is 18.7 Å². The van der Waals surface area contributed by atoms with Gasteiger partial charge in [0.2, 0.25) is 5.91 Å². The van der Waals surface area contributed by atoms with E-state index >= 15 is 0 Å². The molecule has 0 saturated carbocycles. The minimum absolute atomic E-state index is 0.174. The van der Waals surface area contributed by atoms with E-state index in [9.17, 15) is 9.18 Å². The van der Waals surface area contributed by atoms with Crippen molar-refractivity contribution in [3.8, 4) is 11.5 Å². The van der Waals surface area contributed by atoms with Crippen molar-refractivity contribution in [3.63, 3.8) is 0 Å². The highest BCUT2D eigenvalue weighted by Crippen LogP contribution is 2.34. The van der Waals surface area contributed by atoms with Crippen molar-refractivity contribution in [1.82, 2.24) is 5.32 Å².